The number of hydrogen-bond acceptors (Lipinski definition) is 4. The van der Waals surface area contributed by atoms with Crippen molar-refractivity contribution in [3.05, 3.63) is 51.8 Å². The minimum atomic E-state index is -0.471. The number of hydrogen-bond donors (Lipinski definition) is 0. The molecule has 142 valence electrons. The fourth-order valence-electron chi connectivity index (χ4n) is 3.65. The van der Waals surface area contributed by atoms with E-state index < -0.39 is 11.9 Å². The molecule has 6 nitrogen and oxygen atoms in total. The van der Waals surface area contributed by atoms with Crippen LogP contribution in [0.15, 0.2) is 35.1 Å². The van der Waals surface area contributed by atoms with Gasteiger partial charge in [0.25, 0.3) is 5.56 Å². The van der Waals surface area contributed by atoms with Crippen LogP contribution in [0.1, 0.15) is 37.8 Å². The van der Waals surface area contributed by atoms with Gasteiger partial charge in [0.2, 0.25) is 5.91 Å². The summed E-state index contributed by atoms with van der Waals surface area (Å²) in [5, 5.41) is 0. The Morgan fingerprint density at radius 1 is 1.19 bits per heavy atom. The molecule has 1 atom stereocenters. The molecule has 1 unspecified atom stereocenters. The van der Waals surface area contributed by atoms with Gasteiger partial charge >= 0.3 is 5.97 Å². The van der Waals surface area contributed by atoms with E-state index in [4.69, 9.17) is 4.74 Å². The molecular weight excluding hydrogens is 344 g/mol. The molecule has 27 heavy (non-hydrogen) atoms. The molecule has 2 aromatic rings. The number of anilines is 1. The van der Waals surface area contributed by atoms with Gasteiger partial charge in [0.1, 0.15) is 6.54 Å². The average Bonchev–Trinajstić information content (AvgIpc) is 2.74. The first-order valence-electron chi connectivity index (χ1n) is 9.21. The monoisotopic (exact) mass is 368 g/mol. The Hall–Kier alpha value is -2.89. The van der Waals surface area contributed by atoms with Gasteiger partial charge in [0, 0.05) is 17.7 Å². The van der Waals surface area contributed by atoms with Gasteiger partial charge in [-0.3, -0.25) is 19.3 Å². The summed E-state index contributed by atoms with van der Waals surface area (Å²) in [5.74, 6) is -1.10. The second-order valence-electron chi connectivity index (χ2n) is 6.65. The van der Waals surface area contributed by atoms with Gasteiger partial charge in [0.15, 0.2) is 0 Å². The van der Waals surface area contributed by atoms with Crippen LogP contribution in [0.25, 0.3) is 11.3 Å². The van der Waals surface area contributed by atoms with Crippen LogP contribution in [0.5, 0.6) is 0 Å². The molecule has 1 aromatic carbocycles. The van der Waals surface area contributed by atoms with E-state index in [1.807, 2.05) is 38.1 Å². The fourth-order valence-corrected chi connectivity index (χ4v) is 3.65. The number of rotatable bonds is 4. The first kappa shape index (κ1) is 18.9. The molecule has 0 spiro atoms. The van der Waals surface area contributed by atoms with Crippen LogP contribution in [-0.4, -0.2) is 29.6 Å². The second-order valence-corrected chi connectivity index (χ2v) is 6.65. The zero-order chi connectivity index (χ0) is 19.7. The summed E-state index contributed by atoms with van der Waals surface area (Å²) >= 11 is 0. The number of ether oxygens (including phenoxy) is 1. The Labute approximate surface area is 158 Å². The smallest absolute Gasteiger partial charge is 0.326 e. The highest BCUT2D eigenvalue weighted by Gasteiger charge is 2.34. The Bertz CT molecular complexity index is 961. The van der Waals surface area contributed by atoms with E-state index in [0.717, 1.165) is 11.1 Å². The molecule has 1 aromatic heterocycles. The number of carbonyl (C=O) groups excluding carboxylic acids is 2. The maximum Gasteiger partial charge on any atom is 0.326 e. The minimum absolute atomic E-state index is 0.0934. The van der Waals surface area contributed by atoms with Crippen molar-refractivity contribution in [2.75, 3.05) is 18.1 Å². The van der Waals surface area contributed by atoms with Crippen LogP contribution < -0.4 is 10.5 Å². The molecule has 2 heterocycles. The van der Waals surface area contributed by atoms with Crippen molar-refractivity contribution in [3.63, 3.8) is 0 Å². The standard InChI is InChI=1S/C21H24N2O4/c1-5-22-19-16-10-8-7-9-15(16)14(4)21(26)23(12-18(24)27-6-2)17(19)11-13(3)20(22)25/h7-11,14H,5-6,12H2,1-4H3. The molecule has 0 aliphatic carbocycles. The molecule has 1 aliphatic heterocycles. The number of nitrogens with zero attached hydrogens (tertiary/aromatic N) is 2. The third-order valence-electron chi connectivity index (χ3n) is 4.97. The zero-order valence-electron chi connectivity index (χ0n) is 16.1. The number of aryl methyl sites for hydroxylation is 1. The summed E-state index contributed by atoms with van der Waals surface area (Å²) in [6, 6.07) is 9.30. The summed E-state index contributed by atoms with van der Waals surface area (Å²) in [4.78, 5) is 39.6. The average molecular weight is 368 g/mol. The number of esters is 1. The molecule has 1 aliphatic rings. The molecular formula is C21H24N2O4. The second kappa shape index (κ2) is 7.39. The van der Waals surface area contributed by atoms with E-state index in [1.54, 1.807) is 24.5 Å². The lowest BCUT2D eigenvalue weighted by molar-refractivity contribution is -0.142. The Morgan fingerprint density at radius 2 is 1.89 bits per heavy atom. The van der Waals surface area contributed by atoms with E-state index in [9.17, 15) is 14.4 Å². The van der Waals surface area contributed by atoms with E-state index in [2.05, 4.69) is 0 Å². The number of pyridine rings is 1. The predicted molar refractivity (Wildman–Crippen MR) is 104 cm³/mol. The lowest BCUT2D eigenvalue weighted by Crippen LogP contribution is -2.39. The van der Waals surface area contributed by atoms with Crippen molar-refractivity contribution >= 4 is 17.6 Å². The quantitative estimate of drug-likeness (QED) is 0.778. The summed E-state index contributed by atoms with van der Waals surface area (Å²) in [7, 11) is 0. The van der Waals surface area contributed by atoms with Gasteiger partial charge in [0.05, 0.1) is 23.9 Å². The number of aromatic nitrogens is 1. The maximum atomic E-state index is 13.2. The first-order chi connectivity index (χ1) is 12.9. The summed E-state index contributed by atoms with van der Waals surface area (Å²) in [5.41, 5.74) is 3.38. The molecule has 3 rings (SSSR count). The summed E-state index contributed by atoms with van der Waals surface area (Å²) in [6.07, 6.45) is 0. The summed E-state index contributed by atoms with van der Waals surface area (Å²) in [6.45, 7) is 7.71. The van der Waals surface area contributed by atoms with E-state index in [1.165, 1.54) is 4.90 Å². The Morgan fingerprint density at radius 3 is 2.56 bits per heavy atom. The Kier molecular flexibility index (Phi) is 5.17. The minimum Gasteiger partial charge on any atom is -0.465 e. The van der Waals surface area contributed by atoms with E-state index in [-0.39, 0.29) is 24.6 Å². The highest BCUT2D eigenvalue weighted by Crippen LogP contribution is 2.40. The van der Waals surface area contributed by atoms with Gasteiger partial charge in [-0.15, -0.1) is 0 Å². The van der Waals surface area contributed by atoms with Crippen molar-refractivity contribution in [2.45, 2.75) is 40.2 Å². The summed E-state index contributed by atoms with van der Waals surface area (Å²) < 4.78 is 6.74. The molecule has 6 heteroatoms. The van der Waals surface area contributed by atoms with Crippen molar-refractivity contribution in [3.8, 4) is 11.3 Å². The van der Waals surface area contributed by atoms with Crippen molar-refractivity contribution in [2.24, 2.45) is 0 Å². The highest BCUT2D eigenvalue weighted by molar-refractivity contribution is 6.06. The van der Waals surface area contributed by atoms with E-state index >= 15 is 0 Å². The molecule has 1 amide bonds. The number of fused-ring (bicyclic) bond motifs is 3. The molecule has 0 N–H and O–H groups in total. The molecule has 0 radical (unpaired) electrons. The zero-order valence-corrected chi connectivity index (χ0v) is 16.1. The van der Waals surface area contributed by atoms with E-state index in [0.29, 0.717) is 23.5 Å². The SMILES string of the molecule is CCOC(=O)CN1C(=O)C(C)c2ccccc2-c2c1cc(C)c(=O)n2CC. The molecule has 0 bridgehead atoms. The van der Waals surface area contributed by atoms with Gasteiger partial charge in [-0.05, 0) is 39.3 Å². The number of carbonyl (C=O) groups is 2. The molecule has 0 saturated carbocycles. The fraction of sp³-hybridized carbons (Fsp3) is 0.381. The van der Waals surface area contributed by atoms with Crippen molar-refractivity contribution < 1.29 is 14.3 Å². The number of benzene rings is 1. The van der Waals surface area contributed by atoms with Crippen molar-refractivity contribution in [1.29, 1.82) is 0 Å². The van der Waals surface area contributed by atoms with Gasteiger partial charge in [-0.25, -0.2) is 0 Å². The van der Waals surface area contributed by atoms with Gasteiger partial charge in [-0.2, -0.15) is 0 Å². The van der Waals surface area contributed by atoms with Crippen LogP contribution in [0.4, 0.5) is 5.69 Å². The lowest BCUT2D eigenvalue weighted by Gasteiger charge is -2.25. The maximum absolute atomic E-state index is 13.2. The number of amides is 1. The predicted octanol–water partition coefficient (Wildman–Crippen LogP) is 2.86. The highest BCUT2D eigenvalue weighted by atomic mass is 16.5. The first-order valence-corrected chi connectivity index (χ1v) is 9.21. The topological polar surface area (TPSA) is 68.6 Å². The van der Waals surface area contributed by atoms with Crippen molar-refractivity contribution in [1.82, 2.24) is 4.57 Å². The third kappa shape index (κ3) is 3.16. The lowest BCUT2D eigenvalue weighted by atomic mass is 9.94. The van der Waals surface area contributed by atoms with Crippen LogP contribution in [0.2, 0.25) is 0 Å². The normalized spacial score (nSPS) is 15.8. The van der Waals surface area contributed by atoms with Gasteiger partial charge in [-0.1, -0.05) is 24.3 Å². The van der Waals surface area contributed by atoms with Gasteiger partial charge < -0.3 is 9.30 Å². The third-order valence-corrected chi connectivity index (χ3v) is 4.97. The largest absolute Gasteiger partial charge is 0.465 e. The molecule has 0 saturated heterocycles. The van der Waals surface area contributed by atoms with Crippen LogP contribution >= 0.6 is 0 Å². The molecule has 0 fully saturated rings. The Balaban J connectivity index is 2.34. The van der Waals surface area contributed by atoms with Crippen LogP contribution in [-0.2, 0) is 20.9 Å². The van der Waals surface area contributed by atoms with Crippen LogP contribution in [0, 0.1) is 6.92 Å². The van der Waals surface area contributed by atoms with Crippen LogP contribution in [0.3, 0.4) is 0 Å².